The standard InChI is InChI=1S/C24H19Cl2F5N6O3/c1-10-32-34-23(37(10)17-6-12(25)2-3-13(17)24(29,30)31)19-7-18(22(39)20(9-38)40-19)36-8-16(33-35-36)11-4-14(27)21(26)15(28)5-11/h2-6,8,18-20,22,38-39H,7,9H2,1H3. The third-order valence-corrected chi connectivity index (χ3v) is 7.12. The minimum Gasteiger partial charge on any atom is -0.394 e. The predicted octanol–water partition coefficient (Wildman–Crippen LogP) is 4.86. The molecule has 0 saturated carbocycles. The molecule has 0 bridgehead atoms. The summed E-state index contributed by atoms with van der Waals surface area (Å²) < 4.78 is 77.8. The maximum Gasteiger partial charge on any atom is 0.418 e. The molecule has 4 unspecified atom stereocenters. The fraction of sp³-hybridized carbons (Fsp3) is 0.333. The van der Waals surface area contributed by atoms with Crippen molar-refractivity contribution in [1.82, 2.24) is 29.8 Å². The molecule has 16 heteroatoms. The van der Waals surface area contributed by atoms with E-state index in [1.807, 2.05) is 0 Å². The van der Waals surface area contributed by atoms with E-state index in [-0.39, 0.29) is 40.0 Å². The molecular weight excluding hydrogens is 586 g/mol. The average molecular weight is 605 g/mol. The Morgan fingerprint density at radius 1 is 1.07 bits per heavy atom. The Morgan fingerprint density at radius 3 is 2.42 bits per heavy atom. The molecule has 1 saturated heterocycles. The minimum atomic E-state index is -4.73. The molecule has 1 aliphatic heterocycles. The van der Waals surface area contributed by atoms with Crippen molar-refractivity contribution >= 4 is 23.2 Å². The van der Waals surface area contributed by atoms with Gasteiger partial charge in [-0.2, -0.15) is 13.2 Å². The number of hydrogen-bond donors (Lipinski definition) is 2. The first-order valence-electron chi connectivity index (χ1n) is 11.7. The van der Waals surface area contributed by atoms with E-state index in [0.29, 0.717) is 0 Å². The van der Waals surface area contributed by atoms with Crippen molar-refractivity contribution in [3.63, 3.8) is 0 Å². The third kappa shape index (κ3) is 5.17. The SMILES string of the molecule is Cc1nnc(C2CC(n3cc(-c4cc(F)c(Cl)c(F)c4)nn3)C(O)C(CO)O2)n1-c1cc(Cl)ccc1C(F)(F)F. The smallest absolute Gasteiger partial charge is 0.394 e. The van der Waals surface area contributed by atoms with Gasteiger partial charge in [0.25, 0.3) is 0 Å². The van der Waals surface area contributed by atoms with Crippen LogP contribution >= 0.6 is 23.2 Å². The summed E-state index contributed by atoms with van der Waals surface area (Å²) in [6, 6.07) is 4.06. The normalized spacial score (nSPS) is 21.6. The number of alkyl halides is 3. The lowest BCUT2D eigenvalue weighted by Gasteiger charge is -2.38. The maximum absolute atomic E-state index is 14.0. The van der Waals surface area contributed by atoms with Gasteiger partial charge in [0.15, 0.2) is 5.82 Å². The van der Waals surface area contributed by atoms with Gasteiger partial charge in [-0.05, 0) is 37.3 Å². The number of rotatable bonds is 5. The summed E-state index contributed by atoms with van der Waals surface area (Å²) in [5.74, 6) is -1.95. The van der Waals surface area contributed by atoms with Gasteiger partial charge in [-0.25, -0.2) is 13.5 Å². The molecule has 2 N–H and O–H groups in total. The van der Waals surface area contributed by atoms with Crippen LogP contribution in [-0.2, 0) is 10.9 Å². The Bertz CT molecular complexity index is 1540. The van der Waals surface area contributed by atoms with E-state index in [4.69, 9.17) is 27.9 Å². The summed E-state index contributed by atoms with van der Waals surface area (Å²) in [5, 5.41) is 36.0. The van der Waals surface area contributed by atoms with Crippen molar-refractivity contribution in [1.29, 1.82) is 0 Å². The van der Waals surface area contributed by atoms with Gasteiger partial charge in [0.1, 0.15) is 46.5 Å². The number of nitrogens with zero attached hydrogens (tertiary/aromatic N) is 6. The molecule has 0 aliphatic carbocycles. The zero-order valence-electron chi connectivity index (χ0n) is 20.3. The quantitative estimate of drug-likeness (QED) is 0.247. The number of aliphatic hydroxyl groups excluding tert-OH is 2. The molecule has 212 valence electrons. The highest BCUT2D eigenvalue weighted by molar-refractivity contribution is 6.31. The van der Waals surface area contributed by atoms with Crippen molar-refractivity contribution in [3.8, 4) is 16.9 Å². The second kappa shape index (κ2) is 10.7. The van der Waals surface area contributed by atoms with Crippen molar-refractivity contribution in [2.45, 2.75) is 43.9 Å². The molecule has 0 amide bonds. The lowest BCUT2D eigenvalue weighted by Crippen LogP contribution is -2.45. The molecule has 0 radical (unpaired) electrons. The van der Waals surface area contributed by atoms with E-state index in [0.717, 1.165) is 34.9 Å². The third-order valence-electron chi connectivity index (χ3n) is 6.52. The summed E-state index contributed by atoms with van der Waals surface area (Å²) in [6.07, 6.45) is -7.13. The number of aryl methyl sites for hydroxylation is 1. The molecule has 9 nitrogen and oxygen atoms in total. The van der Waals surface area contributed by atoms with E-state index in [1.165, 1.54) is 17.8 Å². The fourth-order valence-electron chi connectivity index (χ4n) is 4.62. The summed E-state index contributed by atoms with van der Waals surface area (Å²) in [4.78, 5) is 0. The highest BCUT2D eigenvalue weighted by Gasteiger charge is 2.43. The van der Waals surface area contributed by atoms with E-state index < -0.39 is 59.4 Å². The van der Waals surface area contributed by atoms with Crippen LogP contribution in [0.2, 0.25) is 10.0 Å². The van der Waals surface area contributed by atoms with E-state index in [1.54, 1.807) is 0 Å². The largest absolute Gasteiger partial charge is 0.418 e. The molecule has 40 heavy (non-hydrogen) atoms. The summed E-state index contributed by atoms with van der Waals surface area (Å²) >= 11 is 11.6. The Balaban J connectivity index is 1.54. The highest BCUT2D eigenvalue weighted by atomic mass is 35.5. The van der Waals surface area contributed by atoms with Gasteiger partial charge in [0, 0.05) is 17.0 Å². The Morgan fingerprint density at radius 2 is 1.77 bits per heavy atom. The van der Waals surface area contributed by atoms with Crippen LogP contribution in [0.1, 0.15) is 35.8 Å². The molecule has 1 aliphatic rings. The van der Waals surface area contributed by atoms with Gasteiger partial charge in [-0.3, -0.25) is 4.57 Å². The number of aromatic nitrogens is 6. The highest BCUT2D eigenvalue weighted by Crippen LogP contribution is 2.41. The molecule has 4 atom stereocenters. The van der Waals surface area contributed by atoms with E-state index in [2.05, 4.69) is 20.5 Å². The van der Waals surface area contributed by atoms with Crippen LogP contribution in [0.3, 0.4) is 0 Å². The Labute approximate surface area is 232 Å². The average Bonchev–Trinajstić information content (AvgIpc) is 3.53. The van der Waals surface area contributed by atoms with Crippen LogP contribution in [0, 0.1) is 18.6 Å². The zero-order valence-corrected chi connectivity index (χ0v) is 21.8. The number of halogens is 7. The lowest BCUT2D eigenvalue weighted by atomic mass is 9.95. The van der Waals surface area contributed by atoms with Gasteiger partial charge >= 0.3 is 6.18 Å². The number of aliphatic hydroxyl groups is 2. The zero-order chi connectivity index (χ0) is 28.9. The first-order valence-corrected chi connectivity index (χ1v) is 12.4. The molecular formula is C24H19Cl2F5N6O3. The van der Waals surface area contributed by atoms with Crippen LogP contribution in [0.25, 0.3) is 16.9 Å². The van der Waals surface area contributed by atoms with E-state index in [9.17, 15) is 32.2 Å². The molecule has 3 heterocycles. The van der Waals surface area contributed by atoms with Crippen molar-refractivity contribution < 1.29 is 36.9 Å². The van der Waals surface area contributed by atoms with E-state index >= 15 is 0 Å². The van der Waals surface area contributed by atoms with Gasteiger partial charge in [-0.1, -0.05) is 28.4 Å². The molecule has 0 spiro atoms. The molecule has 4 aromatic rings. The predicted molar refractivity (Wildman–Crippen MR) is 131 cm³/mol. The first-order chi connectivity index (χ1) is 18.9. The molecule has 2 aromatic heterocycles. The molecule has 2 aromatic carbocycles. The van der Waals surface area contributed by atoms with Crippen molar-refractivity contribution in [2.24, 2.45) is 0 Å². The van der Waals surface area contributed by atoms with Crippen LogP contribution in [0.5, 0.6) is 0 Å². The Kier molecular flexibility index (Phi) is 7.56. The fourth-order valence-corrected chi connectivity index (χ4v) is 4.90. The van der Waals surface area contributed by atoms with Crippen LogP contribution in [-0.4, -0.2) is 58.8 Å². The van der Waals surface area contributed by atoms with Crippen LogP contribution in [0.15, 0.2) is 36.5 Å². The summed E-state index contributed by atoms with van der Waals surface area (Å²) in [5.41, 5.74) is -1.24. The number of hydrogen-bond acceptors (Lipinski definition) is 7. The number of ether oxygens (including phenoxy) is 1. The number of benzene rings is 2. The monoisotopic (exact) mass is 604 g/mol. The van der Waals surface area contributed by atoms with Gasteiger partial charge in [-0.15, -0.1) is 15.3 Å². The Hall–Kier alpha value is -3.17. The van der Waals surface area contributed by atoms with Gasteiger partial charge in [0.2, 0.25) is 0 Å². The minimum absolute atomic E-state index is 0.0264. The van der Waals surface area contributed by atoms with Crippen LogP contribution in [0.4, 0.5) is 22.0 Å². The molecule has 5 rings (SSSR count). The van der Waals surface area contributed by atoms with Gasteiger partial charge < -0.3 is 14.9 Å². The maximum atomic E-state index is 14.0. The first kappa shape index (κ1) is 28.4. The second-order valence-corrected chi connectivity index (χ2v) is 9.89. The van der Waals surface area contributed by atoms with Gasteiger partial charge in [0.05, 0.1) is 30.1 Å². The lowest BCUT2D eigenvalue weighted by molar-refractivity contribution is -0.161. The summed E-state index contributed by atoms with van der Waals surface area (Å²) in [7, 11) is 0. The van der Waals surface area contributed by atoms with Crippen LogP contribution < -0.4 is 0 Å². The van der Waals surface area contributed by atoms with Crippen molar-refractivity contribution in [2.75, 3.05) is 6.61 Å². The molecule has 1 fully saturated rings. The second-order valence-electron chi connectivity index (χ2n) is 9.08. The van der Waals surface area contributed by atoms with Crippen molar-refractivity contribution in [3.05, 3.63) is 75.4 Å². The summed E-state index contributed by atoms with van der Waals surface area (Å²) in [6.45, 7) is 0.797. The topological polar surface area (TPSA) is 111 Å².